The summed E-state index contributed by atoms with van der Waals surface area (Å²) in [5, 5.41) is 15.1. The van der Waals surface area contributed by atoms with Crippen LogP contribution in [0.3, 0.4) is 0 Å². The Hall–Kier alpha value is -1.88. The summed E-state index contributed by atoms with van der Waals surface area (Å²) in [5.41, 5.74) is -0.708. The van der Waals surface area contributed by atoms with Crippen molar-refractivity contribution in [2.45, 2.75) is 19.1 Å². The monoisotopic (exact) mass is 234 g/mol. The number of ether oxygens (including phenoxy) is 1. The normalized spacial score (nSPS) is 14.5. The molecule has 0 saturated carbocycles. The van der Waals surface area contributed by atoms with E-state index in [1.54, 1.807) is 10.9 Å². The number of aliphatic hydroxyl groups is 1. The highest BCUT2D eigenvalue weighted by Gasteiger charge is 2.32. The van der Waals surface area contributed by atoms with E-state index in [4.69, 9.17) is 0 Å². The minimum atomic E-state index is -1.58. The van der Waals surface area contributed by atoms with Gasteiger partial charge in [-0.2, -0.15) is 5.10 Å². The molecule has 1 aromatic heterocycles. The largest absolute Gasteiger partial charge is 0.467 e. The second kappa shape index (κ2) is 4.18. The Morgan fingerprint density at radius 1 is 1.53 bits per heavy atom. The van der Waals surface area contributed by atoms with Crippen LogP contribution >= 0.6 is 0 Å². The van der Waals surface area contributed by atoms with Crippen LogP contribution in [0.1, 0.15) is 6.92 Å². The Bertz CT molecular complexity index is 545. The number of aromatic nitrogens is 2. The summed E-state index contributed by atoms with van der Waals surface area (Å²) < 4.78 is 6.14. The lowest BCUT2D eigenvalue weighted by Crippen LogP contribution is -2.40. The smallest absolute Gasteiger partial charge is 0.339 e. The topological polar surface area (TPSA) is 64.3 Å². The first-order valence-corrected chi connectivity index (χ1v) is 5.26. The van der Waals surface area contributed by atoms with Gasteiger partial charge in [-0.1, -0.05) is 18.2 Å². The molecule has 0 aliphatic rings. The second-order valence-electron chi connectivity index (χ2n) is 4.13. The van der Waals surface area contributed by atoms with E-state index < -0.39 is 11.6 Å². The van der Waals surface area contributed by atoms with Crippen LogP contribution in [0.15, 0.2) is 30.5 Å². The van der Waals surface area contributed by atoms with E-state index in [-0.39, 0.29) is 6.54 Å². The fourth-order valence-corrected chi connectivity index (χ4v) is 1.73. The molecule has 0 radical (unpaired) electrons. The summed E-state index contributed by atoms with van der Waals surface area (Å²) in [7, 11) is 1.25. The van der Waals surface area contributed by atoms with E-state index in [9.17, 15) is 9.90 Å². The van der Waals surface area contributed by atoms with Gasteiger partial charge in [0.2, 0.25) is 0 Å². The summed E-state index contributed by atoms with van der Waals surface area (Å²) in [5.74, 6) is -0.669. The highest BCUT2D eigenvalue weighted by Crippen LogP contribution is 2.16. The van der Waals surface area contributed by atoms with Gasteiger partial charge in [0.1, 0.15) is 0 Å². The van der Waals surface area contributed by atoms with Gasteiger partial charge in [-0.05, 0) is 13.0 Å². The van der Waals surface area contributed by atoms with Crippen LogP contribution in [0.25, 0.3) is 10.9 Å². The molecule has 0 saturated heterocycles. The van der Waals surface area contributed by atoms with E-state index in [1.807, 2.05) is 24.3 Å². The molecule has 0 amide bonds. The lowest BCUT2D eigenvalue weighted by Gasteiger charge is -2.20. The summed E-state index contributed by atoms with van der Waals surface area (Å²) in [6.07, 6.45) is 1.70. The minimum absolute atomic E-state index is 0.0627. The zero-order valence-electron chi connectivity index (χ0n) is 9.75. The molecule has 1 atom stereocenters. The third-order valence-corrected chi connectivity index (χ3v) is 2.63. The highest BCUT2D eigenvalue weighted by molar-refractivity contribution is 5.80. The number of nitrogens with zero attached hydrogens (tertiary/aromatic N) is 2. The maximum absolute atomic E-state index is 11.4. The predicted molar refractivity (Wildman–Crippen MR) is 62.4 cm³/mol. The van der Waals surface area contributed by atoms with E-state index in [0.29, 0.717) is 0 Å². The number of esters is 1. The molecule has 0 aliphatic carbocycles. The van der Waals surface area contributed by atoms with Gasteiger partial charge in [0, 0.05) is 5.39 Å². The average molecular weight is 234 g/mol. The lowest BCUT2D eigenvalue weighted by molar-refractivity contribution is -0.161. The van der Waals surface area contributed by atoms with Crippen molar-refractivity contribution in [3.63, 3.8) is 0 Å². The molecule has 0 bridgehead atoms. The van der Waals surface area contributed by atoms with Crippen LogP contribution in [0.2, 0.25) is 0 Å². The van der Waals surface area contributed by atoms with Crippen molar-refractivity contribution in [3.05, 3.63) is 30.5 Å². The summed E-state index contributed by atoms with van der Waals surface area (Å²) >= 11 is 0. The molecule has 17 heavy (non-hydrogen) atoms. The average Bonchev–Trinajstić information content (AvgIpc) is 2.71. The van der Waals surface area contributed by atoms with Gasteiger partial charge in [0.15, 0.2) is 5.60 Å². The first-order chi connectivity index (χ1) is 8.04. The quantitative estimate of drug-likeness (QED) is 0.803. The van der Waals surface area contributed by atoms with Crippen molar-refractivity contribution < 1.29 is 14.6 Å². The summed E-state index contributed by atoms with van der Waals surface area (Å²) in [6.45, 7) is 1.47. The van der Waals surface area contributed by atoms with Gasteiger partial charge in [-0.25, -0.2) is 4.79 Å². The number of methoxy groups -OCH3 is 1. The third-order valence-electron chi connectivity index (χ3n) is 2.63. The molecule has 5 heteroatoms. The van der Waals surface area contributed by atoms with Crippen LogP contribution in [0.5, 0.6) is 0 Å². The van der Waals surface area contributed by atoms with E-state index >= 15 is 0 Å². The van der Waals surface area contributed by atoms with Crippen LogP contribution in [0.4, 0.5) is 0 Å². The fraction of sp³-hybridized carbons (Fsp3) is 0.333. The molecule has 5 nitrogen and oxygen atoms in total. The summed E-state index contributed by atoms with van der Waals surface area (Å²) in [4.78, 5) is 11.4. The third kappa shape index (κ3) is 2.14. The number of carbonyl (C=O) groups is 1. The maximum atomic E-state index is 11.4. The number of hydrogen-bond donors (Lipinski definition) is 1. The number of hydrogen-bond acceptors (Lipinski definition) is 4. The van der Waals surface area contributed by atoms with Crippen LogP contribution in [-0.2, 0) is 16.1 Å². The van der Waals surface area contributed by atoms with Crippen molar-refractivity contribution in [2.75, 3.05) is 7.11 Å². The molecule has 1 heterocycles. The van der Waals surface area contributed by atoms with Crippen molar-refractivity contribution in [1.82, 2.24) is 9.78 Å². The molecular formula is C12H14N2O3. The Kier molecular flexibility index (Phi) is 2.85. The van der Waals surface area contributed by atoms with Crippen molar-refractivity contribution in [3.8, 4) is 0 Å². The van der Waals surface area contributed by atoms with E-state index in [0.717, 1.165) is 10.9 Å². The first-order valence-electron chi connectivity index (χ1n) is 5.26. The zero-order chi connectivity index (χ0) is 12.5. The Morgan fingerprint density at radius 2 is 2.24 bits per heavy atom. The predicted octanol–water partition coefficient (Wildman–Crippen LogP) is 0.960. The number of para-hydroxylation sites is 1. The van der Waals surface area contributed by atoms with Gasteiger partial charge in [0.25, 0.3) is 0 Å². The lowest BCUT2D eigenvalue weighted by atomic mass is 10.1. The van der Waals surface area contributed by atoms with Gasteiger partial charge in [0.05, 0.1) is 25.4 Å². The number of carbonyl (C=O) groups excluding carboxylic acids is 1. The Morgan fingerprint density at radius 3 is 2.94 bits per heavy atom. The van der Waals surface area contributed by atoms with Gasteiger partial charge >= 0.3 is 5.97 Å². The molecule has 0 aliphatic heterocycles. The zero-order valence-corrected chi connectivity index (χ0v) is 9.75. The fourth-order valence-electron chi connectivity index (χ4n) is 1.73. The molecule has 1 unspecified atom stereocenters. The van der Waals surface area contributed by atoms with Crippen molar-refractivity contribution in [2.24, 2.45) is 0 Å². The molecule has 90 valence electrons. The van der Waals surface area contributed by atoms with Gasteiger partial charge in [-0.15, -0.1) is 0 Å². The second-order valence-corrected chi connectivity index (χ2v) is 4.13. The number of fused-ring (bicyclic) bond motifs is 1. The van der Waals surface area contributed by atoms with Crippen LogP contribution in [0, 0.1) is 0 Å². The van der Waals surface area contributed by atoms with Gasteiger partial charge < -0.3 is 9.84 Å². The molecule has 1 aromatic carbocycles. The molecule has 1 N–H and O–H groups in total. The molecule has 0 spiro atoms. The molecule has 2 aromatic rings. The maximum Gasteiger partial charge on any atom is 0.339 e. The Balaban J connectivity index is 2.33. The van der Waals surface area contributed by atoms with Crippen molar-refractivity contribution in [1.29, 1.82) is 0 Å². The van der Waals surface area contributed by atoms with E-state index in [2.05, 4.69) is 9.84 Å². The molecular weight excluding hydrogens is 220 g/mol. The SMILES string of the molecule is COC(=O)C(C)(O)Cn1ncc2ccccc21. The standard InChI is InChI=1S/C12H14N2O3/c1-12(16,11(15)17-2)8-14-10-6-4-3-5-9(10)7-13-14/h3-7,16H,8H2,1-2H3. The van der Waals surface area contributed by atoms with Crippen LogP contribution in [-0.4, -0.2) is 33.6 Å². The van der Waals surface area contributed by atoms with Gasteiger partial charge in [-0.3, -0.25) is 4.68 Å². The van der Waals surface area contributed by atoms with Crippen LogP contribution < -0.4 is 0 Å². The highest BCUT2D eigenvalue weighted by atomic mass is 16.5. The summed E-state index contributed by atoms with van der Waals surface area (Å²) in [6, 6.07) is 7.60. The first kappa shape index (κ1) is 11.6. The number of benzene rings is 1. The number of rotatable bonds is 3. The Labute approximate surface area is 98.6 Å². The van der Waals surface area contributed by atoms with E-state index in [1.165, 1.54) is 14.0 Å². The van der Waals surface area contributed by atoms with Crippen molar-refractivity contribution >= 4 is 16.9 Å². The molecule has 2 rings (SSSR count). The molecule has 0 fully saturated rings. The minimum Gasteiger partial charge on any atom is -0.467 e.